The molecule has 0 aromatic heterocycles. The second-order valence-corrected chi connectivity index (χ2v) is 5.67. The zero-order chi connectivity index (χ0) is 11.7. The van der Waals surface area contributed by atoms with Crippen LogP contribution in [-0.4, -0.2) is 16.1 Å². The maximum atomic E-state index is 5.63. The van der Waals surface area contributed by atoms with E-state index in [0.29, 0.717) is 5.92 Å². The van der Waals surface area contributed by atoms with Gasteiger partial charge in [0.2, 0.25) is 0 Å². The summed E-state index contributed by atoms with van der Waals surface area (Å²) in [7, 11) is 0.856. The first kappa shape index (κ1) is 15.2. The molecule has 1 unspecified atom stereocenters. The summed E-state index contributed by atoms with van der Waals surface area (Å²) < 4.78 is 5.63. The van der Waals surface area contributed by atoms with Gasteiger partial charge in [-0.25, -0.2) is 0 Å². The third-order valence-corrected chi connectivity index (χ3v) is 4.76. The molecule has 0 radical (unpaired) electrons. The molecule has 2 heteroatoms. The Morgan fingerprint density at radius 3 is 2.13 bits per heavy atom. The number of unbranched alkanes of at least 4 members (excludes halogenated alkanes) is 5. The lowest BCUT2D eigenvalue weighted by molar-refractivity contribution is 0.0562. The molecule has 0 aromatic carbocycles. The first-order valence-corrected chi connectivity index (χ1v) is 7.41. The molecule has 1 nitrogen and oxygen atoms in total. The Morgan fingerprint density at radius 2 is 1.60 bits per heavy atom. The maximum absolute atomic E-state index is 5.63. The van der Waals surface area contributed by atoms with Crippen LogP contribution in [0.1, 0.15) is 72.6 Å². The third-order valence-electron chi connectivity index (χ3n) is 3.70. The lowest BCUT2D eigenvalue weighted by atomic mass is 9.88. The Kier molecular flexibility index (Phi) is 8.44. The Hall–Kier alpha value is 0.177. The molecule has 0 heterocycles. The van der Waals surface area contributed by atoms with Gasteiger partial charge < -0.3 is 4.43 Å². The topological polar surface area (TPSA) is 9.23 Å². The van der Waals surface area contributed by atoms with Crippen molar-refractivity contribution in [2.24, 2.45) is 5.92 Å². The van der Waals surface area contributed by atoms with Gasteiger partial charge in [-0.05, 0) is 26.2 Å². The lowest BCUT2D eigenvalue weighted by Gasteiger charge is -2.31. The van der Waals surface area contributed by atoms with E-state index >= 15 is 0 Å². The molecule has 0 aromatic rings. The Bertz CT molecular complexity index is 145. The van der Waals surface area contributed by atoms with E-state index in [-0.39, 0.29) is 5.60 Å². The van der Waals surface area contributed by atoms with Crippen molar-refractivity contribution >= 4 is 10.5 Å². The van der Waals surface area contributed by atoms with Gasteiger partial charge in [-0.1, -0.05) is 52.4 Å². The minimum Gasteiger partial charge on any atom is -0.423 e. The van der Waals surface area contributed by atoms with Gasteiger partial charge in [-0.3, -0.25) is 0 Å². The van der Waals surface area contributed by atoms with Crippen molar-refractivity contribution in [1.29, 1.82) is 0 Å². The number of hydrogen-bond acceptors (Lipinski definition) is 1. The molecule has 0 fully saturated rings. The van der Waals surface area contributed by atoms with E-state index in [1.54, 1.807) is 0 Å². The minimum atomic E-state index is 0.107. The van der Waals surface area contributed by atoms with Crippen LogP contribution in [0.4, 0.5) is 0 Å². The quantitative estimate of drug-likeness (QED) is 0.435. The largest absolute Gasteiger partial charge is 0.423 e. The monoisotopic (exact) mass is 230 g/mol. The fourth-order valence-corrected chi connectivity index (χ4v) is 2.18. The highest BCUT2D eigenvalue weighted by atomic mass is 28.2. The first-order chi connectivity index (χ1) is 7.04. The summed E-state index contributed by atoms with van der Waals surface area (Å²) in [5, 5.41) is 0. The Labute approximate surface area is 99.5 Å². The van der Waals surface area contributed by atoms with Gasteiger partial charge in [0.15, 0.2) is 0 Å². The van der Waals surface area contributed by atoms with Crippen LogP contribution in [0.3, 0.4) is 0 Å². The highest BCUT2D eigenvalue weighted by Crippen LogP contribution is 2.25. The van der Waals surface area contributed by atoms with E-state index < -0.39 is 0 Å². The summed E-state index contributed by atoms with van der Waals surface area (Å²) in [4.78, 5) is 0. The highest BCUT2D eigenvalue weighted by Gasteiger charge is 2.23. The smallest absolute Gasteiger partial charge is 0.146 e. The zero-order valence-corrected chi connectivity index (χ0v) is 13.4. The van der Waals surface area contributed by atoms with Crippen LogP contribution in [0.5, 0.6) is 0 Å². The summed E-state index contributed by atoms with van der Waals surface area (Å²) in [6.07, 6.45) is 9.69. The van der Waals surface area contributed by atoms with Crippen LogP contribution in [-0.2, 0) is 4.43 Å². The molecule has 0 aliphatic heterocycles. The zero-order valence-electron chi connectivity index (χ0n) is 11.4. The van der Waals surface area contributed by atoms with Crippen molar-refractivity contribution in [3.8, 4) is 0 Å². The summed E-state index contributed by atoms with van der Waals surface area (Å²) in [5.74, 6) is 0.696. The van der Waals surface area contributed by atoms with Crippen molar-refractivity contribution in [3.63, 3.8) is 0 Å². The van der Waals surface area contributed by atoms with Crippen molar-refractivity contribution in [3.05, 3.63) is 0 Å². The molecule has 0 aliphatic rings. The van der Waals surface area contributed by atoms with Crippen LogP contribution < -0.4 is 0 Å². The van der Waals surface area contributed by atoms with Gasteiger partial charge in [0, 0.05) is 0 Å². The Morgan fingerprint density at radius 1 is 1.07 bits per heavy atom. The summed E-state index contributed by atoms with van der Waals surface area (Å²) in [6, 6.07) is 0. The second kappa shape index (κ2) is 8.34. The number of rotatable bonds is 9. The molecule has 1 atom stereocenters. The fraction of sp³-hybridized carbons (Fsp3) is 1.00. The van der Waals surface area contributed by atoms with Crippen LogP contribution in [0.25, 0.3) is 0 Å². The molecule has 0 aliphatic carbocycles. The van der Waals surface area contributed by atoms with Crippen LogP contribution >= 0.6 is 0 Å². The van der Waals surface area contributed by atoms with E-state index in [9.17, 15) is 0 Å². The molecule has 92 valence electrons. The van der Waals surface area contributed by atoms with E-state index in [1.807, 2.05) is 0 Å². The van der Waals surface area contributed by atoms with Gasteiger partial charge in [0.05, 0.1) is 5.60 Å². The highest BCUT2D eigenvalue weighted by molar-refractivity contribution is 5.98. The third kappa shape index (κ3) is 7.12. The Balaban J connectivity index is 3.43. The predicted octanol–water partition coefficient (Wildman–Crippen LogP) is 3.45. The van der Waals surface area contributed by atoms with Gasteiger partial charge in [-0.15, -0.1) is 0 Å². The SMILES string of the molecule is CCCCCCCCC(C)C(C)(C)O[SiH3]. The summed E-state index contributed by atoms with van der Waals surface area (Å²) in [6.45, 7) is 9.04. The summed E-state index contributed by atoms with van der Waals surface area (Å²) in [5.41, 5.74) is 0.107. The normalized spacial score (nSPS) is 14.4. The molecule has 0 bridgehead atoms. The number of hydrogen-bond donors (Lipinski definition) is 0. The lowest BCUT2D eigenvalue weighted by Crippen LogP contribution is -2.31. The van der Waals surface area contributed by atoms with Gasteiger partial charge in [0.25, 0.3) is 0 Å². The van der Waals surface area contributed by atoms with Gasteiger partial charge in [0.1, 0.15) is 10.5 Å². The molecule has 0 N–H and O–H groups in total. The molecule has 0 rings (SSSR count). The molecule has 0 saturated carbocycles. The van der Waals surface area contributed by atoms with Gasteiger partial charge in [-0.2, -0.15) is 0 Å². The molecule has 0 saturated heterocycles. The predicted molar refractivity (Wildman–Crippen MR) is 72.3 cm³/mol. The average molecular weight is 230 g/mol. The van der Waals surface area contributed by atoms with E-state index in [2.05, 4.69) is 27.7 Å². The van der Waals surface area contributed by atoms with Crippen molar-refractivity contribution in [2.75, 3.05) is 0 Å². The average Bonchev–Trinajstić information content (AvgIpc) is 2.22. The van der Waals surface area contributed by atoms with Crippen molar-refractivity contribution < 1.29 is 4.43 Å². The van der Waals surface area contributed by atoms with Crippen LogP contribution in [0, 0.1) is 5.92 Å². The van der Waals surface area contributed by atoms with Crippen LogP contribution in [0.2, 0.25) is 0 Å². The van der Waals surface area contributed by atoms with Crippen LogP contribution in [0.15, 0.2) is 0 Å². The molecule has 0 spiro atoms. The first-order valence-electron chi connectivity index (χ1n) is 6.59. The molecular weight excluding hydrogens is 200 g/mol. The fourth-order valence-electron chi connectivity index (χ4n) is 1.78. The standard InChI is InChI=1S/C13H30OSi/c1-5-6-7-8-9-10-11-12(2)13(3,4)14-15/h12H,5-11H2,1-4,15H3. The second-order valence-electron chi connectivity index (χ2n) is 5.27. The molecule has 0 amide bonds. The summed E-state index contributed by atoms with van der Waals surface area (Å²) >= 11 is 0. The van der Waals surface area contributed by atoms with Crippen molar-refractivity contribution in [2.45, 2.75) is 78.2 Å². The van der Waals surface area contributed by atoms with Crippen molar-refractivity contribution in [1.82, 2.24) is 0 Å². The van der Waals surface area contributed by atoms with Gasteiger partial charge >= 0.3 is 0 Å². The minimum absolute atomic E-state index is 0.107. The molecule has 15 heavy (non-hydrogen) atoms. The van der Waals surface area contributed by atoms with E-state index in [4.69, 9.17) is 4.43 Å². The molecular formula is C13H30OSi. The van der Waals surface area contributed by atoms with E-state index in [0.717, 1.165) is 10.5 Å². The maximum Gasteiger partial charge on any atom is 0.146 e. The van der Waals surface area contributed by atoms with E-state index in [1.165, 1.54) is 44.9 Å².